The average molecular weight is 255 g/mol. The summed E-state index contributed by atoms with van der Waals surface area (Å²) in [6.07, 6.45) is 0. The number of hydrogen-bond donors (Lipinski definition) is 1. The van der Waals surface area contributed by atoms with Crippen molar-refractivity contribution in [2.75, 3.05) is 0 Å². The SMILES string of the molecule is O=C(O)c1ccccc1CCl.[CaH2].[CaH2]. The molecule has 0 spiro atoms. The monoisotopic (exact) mass is 254 g/mol. The molecule has 0 amide bonds. The first kappa shape index (κ1) is 16.9. The molecule has 13 heavy (non-hydrogen) atoms. The van der Waals surface area contributed by atoms with Crippen molar-refractivity contribution in [3.05, 3.63) is 35.4 Å². The summed E-state index contributed by atoms with van der Waals surface area (Å²) in [5.74, 6) is -0.691. The molecule has 66 valence electrons. The van der Waals surface area contributed by atoms with Crippen LogP contribution >= 0.6 is 11.6 Å². The van der Waals surface area contributed by atoms with Gasteiger partial charge >= 0.3 is 81.4 Å². The third-order valence-corrected chi connectivity index (χ3v) is 1.68. The Hall–Kier alpha value is 1.50. The van der Waals surface area contributed by atoms with Gasteiger partial charge in [0.2, 0.25) is 0 Å². The van der Waals surface area contributed by atoms with Crippen molar-refractivity contribution in [1.82, 2.24) is 0 Å². The van der Waals surface area contributed by atoms with Crippen molar-refractivity contribution in [2.45, 2.75) is 5.88 Å². The zero-order valence-corrected chi connectivity index (χ0v) is 6.51. The molecule has 2 nitrogen and oxygen atoms in total. The van der Waals surface area contributed by atoms with Crippen molar-refractivity contribution < 1.29 is 9.90 Å². The Balaban J connectivity index is 0. The summed E-state index contributed by atoms with van der Waals surface area (Å²) >= 11 is 5.51. The number of carboxylic acids is 1. The summed E-state index contributed by atoms with van der Waals surface area (Å²) < 4.78 is 0. The van der Waals surface area contributed by atoms with Crippen LogP contribution in [0.5, 0.6) is 0 Å². The van der Waals surface area contributed by atoms with Crippen LogP contribution in [0.3, 0.4) is 0 Å². The summed E-state index contributed by atoms with van der Waals surface area (Å²) in [6, 6.07) is 6.69. The van der Waals surface area contributed by atoms with E-state index in [4.69, 9.17) is 16.7 Å². The van der Waals surface area contributed by atoms with Crippen LogP contribution in [-0.2, 0) is 5.88 Å². The van der Waals surface area contributed by atoms with E-state index in [0.717, 1.165) is 0 Å². The Bertz CT molecular complexity index is 279. The van der Waals surface area contributed by atoms with E-state index in [1.165, 1.54) is 0 Å². The minimum atomic E-state index is -0.929. The Kier molecular flexibility index (Phi) is 11.4. The molecule has 0 aliphatic carbocycles. The zero-order chi connectivity index (χ0) is 8.27. The van der Waals surface area contributed by atoms with Crippen LogP contribution in [0, 0.1) is 0 Å². The molecule has 1 aromatic carbocycles. The molecule has 0 unspecified atom stereocenters. The first-order valence-corrected chi connectivity index (χ1v) is 3.66. The number of aromatic carboxylic acids is 1. The van der Waals surface area contributed by atoms with Crippen molar-refractivity contribution in [3.8, 4) is 0 Å². The molecule has 5 heteroatoms. The number of hydrogen-bond acceptors (Lipinski definition) is 1. The summed E-state index contributed by atoms with van der Waals surface area (Å²) in [5, 5.41) is 8.64. The molecule has 1 aromatic rings. The van der Waals surface area contributed by atoms with Gasteiger partial charge in [-0.2, -0.15) is 0 Å². The van der Waals surface area contributed by atoms with Crippen LogP contribution in [-0.4, -0.2) is 86.6 Å². The summed E-state index contributed by atoms with van der Waals surface area (Å²) in [7, 11) is 0. The van der Waals surface area contributed by atoms with Gasteiger partial charge < -0.3 is 5.11 Å². The van der Waals surface area contributed by atoms with Gasteiger partial charge in [0.05, 0.1) is 5.56 Å². The quantitative estimate of drug-likeness (QED) is 0.609. The normalized spacial score (nSPS) is 8.08. The number of alkyl halides is 1. The fourth-order valence-electron chi connectivity index (χ4n) is 0.845. The fraction of sp³-hybridized carbons (Fsp3) is 0.125. The Morgan fingerprint density at radius 1 is 1.31 bits per heavy atom. The topological polar surface area (TPSA) is 37.3 Å². The van der Waals surface area contributed by atoms with Gasteiger partial charge in [0.25, 0.3) is 0 Å². The third kappa shape index (κ3) is 5.22. The van der Waals surface area contributed by atoms with E-state index in [2.05, 4.69) is 0 Å². The van der Waals surface area contributed by atoms with Gasteiger partial charge in [-0.1, -0.05) is 18.2 Å². The van der Waals surface area contributed by atoms with E-state index in [9.17, 15) is 4.79 Å². The van der Waals surface area contributed by atoms with Gasteiger partial charge in [-0.05, 0) is 11.6 Å². The van der Waals surface area contributed by atoms with E-state index < -0.39 is 5.97 Å². The van der Waals surface area contributed by atoms with Crippen LogP contribution in [0.25, 0.3) is 0 Å². The maximum atomic E-state index is 10.5. The third-order valence-electron chi connectivity index (χ3n) is 1.39. The van der Waals surface area contributed by atoms with Gasteiger partial charge in [0.15, 0.2) is 0 Å². The van der Waals surface area contributed by atoms with Crippen LogP contribution in [0.1, 0.15) is 15.9 Å². The first-order chi connectivity index (χ1) is 5.25. The predicted molar refractivity (Wildman–Crippen MR) is 60.0 cm³/mol. The molecule has 0 heterocycles. The molecule has 0 fully saturated rings. The van der Waals surface area contributed by atoms with Crippen molar-refractivity contribution in [2.24, 2.45) is 0 Å². The van der Waals surface area contributed by atoms with E-state index in [-0.39, 0.29) is 86.9 Å². The molecule has 0 aromatic heterocycles. The zero-order valence-electron chi connectivity index (χ0n) is 5.75. The van der Waals surface area contributed by atoms with Gasteiger partial charge in [-0.3, -0.25) is 0 Å². The average Bonchev–Trinajstić information content (AvgIpc) is 2.04. The van der Waals surface area contributed by atoms with Crippen molar-refractivity contribution in [1.29, 1.82) is 0 Å². The fourth-order valence-corrected chi connectivity index (χ4v) is 1.08. The number of carboxylic acid groups (broad SMARTS) is 1. The number of carbonyl (C=O) groups is 1. The van der Waals surface area contributed by atoms with Gasteiger partial charge in [-0.15, -0.1) is 11.6 Å². The first-order valence-electron chi connectivity index (χ1n) is 3.13. The van der Waals surface area contributed by atoms with Crippen molar-refractivity contribution >= 4 is 93.0 Å². The number of halogens is 1. The second kappa shape index (κ2) is 8.78. The molecular weight excluding hydrogens is 244 g/mol. The summed E-state index contributed by atoms with van der Waals surface area (Å²) in [6.45, 7) is 0. The summed E-state index contributed by atoms with van der Waals surface area (Å²) in [4.78, 5) is 10.5. The van der Waals surface area contributed by atoms with Crippen LogP contribution in [0.4, 0.5) is 0 Å². The van der Waals surface area contributed by atoms with E-state index in [1.807, 2.05) is 0 Å². The molecule has 0 saturated carbocycles. The molecule has 0 aliphatic rings. The number of rotatable bonds is 2. The second-order valence-electron chi connectivity index (χ2n) is 2.10. The Labute approximate surface area is 142 Å². The van der Waals surface area contributed by atoms with E-state index >= 15 is 0 Å². The Morgan fingerprint density at radius 2 is 1.85 bits per heavy atom. The molecule has 1 rings (SSSR count). The van der Waals surface area contributed by atoms with Crippen LogP contribution < -0.4 is 0 Å². The molecule has 0 radical (unpaired) electrons. The summed E-state index contributed by atoms with van der Waals surface area (Å²) in [5.41, 5.74) is 0.934. The maximum absolute atomic E-state index is 10.5. The molecule has 0 atom stereocenters. The van der Waals surface area contributed by atoms with E-state index in [1.54, 1.807) is 24.3 Å². The van der Waals surface area contributed by atoms with Gasteiger partial charge in [0.1, 0.15) is 0 Å². The number of benzene rings is 1. The van der Waals surface area contributed by atoms with Crippen LogP contribution in [0.15, 0.2) is 24.3 Å². The molecular formula is C8H11Ca2ClO2. The van der Waals surface area contributed by atoms with Gasteiger partial charge in [0, 0.05) is 5.88 Å². The Morgan fingerprint density at radius 3 is 2.23 bits per heavy atom. The molecule has 1 N–H and O–H groups in total. The van der Waals surface area contributed by atoms with Gasteiger partial charge in [-0.25, -0.2) is 4.79 Å². The minimum absolute atomic E-state index is 0. The molecule has 0 aliphatic heterocycles. The predicted octanol–water partition coefficient (Wildman–Crippen LogP) is 0.291. The standard InChI is InChI=1S/C8H7ClO2.2Ca.4H/c9-5-6-3-1-2-4-7(6)8(10)11;;;;;;/h1-4H,5H2,(H,10,11);;;;;;. The van der Waals surface area contributed by atoms with E-state index in [0.29, 0.717) is 5.56 Å². The van der Waals surface area contributed by atoms with Crippen LogP contribution in [0.2, 0.25) is 0 Å². The van der Waals surface area contributed by atoms with Crippen molar-refractivity contribution in [3.63, 3.8) is 0 Å². The second-order valence-corrected chi connectivity index (χ2v) is 2.36. The molecule has 0 bridgehead atoms. The molecule has 0 saturated heterocycles.